The lowest BCUT2D eigenvalue weighted by Gasteiger charge is -2.31. The number of carbonyl (C=O) groups excluding carboxylic acids is 2. The number of ether oxygens (including phenoxy) is 3. The van der Waals surface area contributed by atoms with Crippen LogP contribution in [-0.4, -0.2) is 80.6 Å². The Morgan fingerprint density at radius 1 is 0.435 bits per heavy atom. The van der Waals surface area contributed by atoms with Crippen molar-refractivity contribution >= 4 is 17.9 Å². The first-order valence-electron chi connectivity index (χ1n) is 29.9. The van der Waals surface area contributed by atoms with Gasteiger partial charge in [0.25, 0.3) is 0 Å². The van der Waals surface area contributed by atoms with Crippen molar-refractivity contribution in [2.24, 2.45) is 0 Å². The number of allylic oxidation sites excluding steroid dienone is 4. The summed E-state index contributed by atoms with van der Waals surface area (Å²) in [4.78, 5) is 37.3. The van der Waals surface area contributed by atoms with E-state index in [2.05, 4.69) is 38.2 Å². The van der Waals surface area contributed by atoms with Crippen LogP contribution in [0.3, 0.4) is 0 Å². The summed E-state index contributed by atoms with van der Waals surface area (Å²) in [5.74, 6) is -1.45. The van der Waals surface area contributed by atoms with Crippen molar-refractivity contribution < 1.29 is 38.2 Å². The highest BCUT2D eigenvalue weighted by Crippen LogP contribution is 2.17. The normalized spacial score (nSPS) is 12.9. The highest BCUT2D eigenvalue weighted by Gasteiger charge is 2.31. The van der Waals surface area contributed by atoms with Crippen LogP contribution in [0.2, 0.25) is 0 Å². The number of nitrogens with zero attached hydrogens (tertiary/aromatic N) is 1. The maximum atomic E-state index is 12.8. The van der Waals surface area contributed by atoms with Crippen LogP contribution < -0.4 is 0 Å². The molecule has 0 aliphatic carbocycles. The lowest BCUT2D eigenvalue weighted by molar-refractivity contribution is -0.887. The molecule has 0 spiro atoms. The van der Waals surface area contributed by atoms with Crippen LogP contribution in [0.15, 0.2) is 24.3 Å². The van der Waals surface area contributed by atoms with Gasteiger partial charge in [-0.3, -0.25) is 9.59 Å². The van der Waals surface area contributed by atoms with Gasteiger partial charge in [0, 0.05) is 19.3 Å². The number of hydrogen-bond acceptors (Lipinski definition) is 6. The summed E-state index contributed by atoms with van der Waals surface area (Å²) in [6.45, 7) is 4.79. The minimum atomic E-state index is -0.871. The fourth-order valence-electron chi connectivity index (χ4n) is 9.24. The molecule has 0 bridgehead atoms. The molecule has 0 aliphatic heterocycles. The van der Waals surface area contributed by atoms with E-state index >= 15 is 0 Å². The number of rotatable bonds is 55. The van der Waals surface area contributed by atoms with E-state index in [1.165, 1.54) is 212 Å². The van der Waals surface area contributed by atoms with Gasteiger partial charge in [-0.05, 0) is 44.9 Å². The number of carboxylic acids is 1. The molecule has 0 rings (SSSR count). The summed E-state index contributed by atoms with van der Waals surface area (Å²) in [7, 11) is 5.55. The molecule has 8 heteroatoms. The summed E-state index contributed by atoms with van der Waals surface area (Å²) < 4.78 is 17.4. The van der Waals surface area contributed by atoms with Gasteiger partial charge in [0.1, 0.15) is 6.61 Å². The zero-order valence-corrected chi connectivity index (χ0v) is 46.5. The van der Waals surface area contributed by atoms with Gasteiger partial charge in [-0.1, -0.05) is 256 Å². The Bertz CT molecular complexity index is 1180. The molecule has 0 aliphatic rings. The van der Waals surface area contributed by atoms with Crippen molar-refractivity contribution in [1.82, 2.24) is 0 Å². The van der Waals surface area contributed by atoms with Gasteiger partial charge in [0.15, 0.2) is 12.1 Å². The monoisotopic (exact) mass is 975 g/mol. The van der Waals surface area contributed by atoms with E-state index in [-0.39, 0.29) is 36.2 Å². The molecular formula is C61H116NO7+. The second-order valence-corrected chi connectivity index (χ2v) is 21.6. The van der Waals surface area contributed by atoms with Crippen LogP contribution in [0, 0.1) is 0 Å². The van der Waals surface area contributed by atoms with E-state index in [1.807, 2.05) is 21.1 Å². The number of carbonyl (C=O) groups is 3. The van der Waals surface area contributed by atoms with Crippen LogP contribution in [0.1, 0.15) is 296 Å². The lowest BCUT2D eigenvalue weighted by atomic mass is 10.0. The molecule has 2 unspecified atom stereocenters. The predicted octanol–water partition coefficient (Wildman–Crippen LogP) is 17.9. The van der Waals surface area contributed by atoms with Gasteiger partial charge in [-0.15, -0.1) is 0 Å². The second kappa shape index (κ2) is 52.1. The average Bonchev–Trinajstić information content (AvgIpc) is 3.31. The molecule has 0 aromatic carbocycles. The van der Waals surface area contributed by atoms with E-state index in [4.69, 9.17) is 14.2 Å². The molecule has 8 nitrogen and oxygen atoms in total. The third kappa shape index (κ3) is 50.5. The summed E-state index contributed by atoms with van der Waals surface area (Å²) in [5.41, 5.74) is 0. The molecule has 406 valence electrons. The van der Waals surface area contributed by atoms with E-state index in [0.717, 1.165) is 51.4 Å². The van der Waals surface area contributed by atoms with Gasteiger partial charge in [-0.25, -0.2) is 4.79 Å². The average molecular weight is 976 g/mol. The number of hydrogen-bond donors (Lipinski definition) is 1. The van der Waals surface area contributed by atoms with Gasteiger partial charge in [-0.2, -0.15) is 0 Å². The van der Waals surface area contributed by atoms with Crippen molar-refractivity contribution in [2.75, 3.05) is 41.0 Å². The maximum Gasteiger partial charge on any atom is 0.362 e. The zero-order chi connectivity index (χ0) is 50.6. The first-order valence-corrected chi connectivity index (χ1v) is 29.9. The predicted molar refractivity (Wildman–Crippen MR) is 294 cm³/mol. The number of aliphatic carboxylic acids is 1. The lowest BCUT2D eigenvalue weighted by Crippen LogP contribution is -2.50. The Balaban J connectivity index is 4.13. The summed E-state index contributed by atoms with van der Waals surface area (Å²) in [6.07, 6.45) is 62.5. The second-order valence-electron chi connectivity index (χ2n) is 21.6. The van der Waals surface area contributed by atoms with Crippen molar-refractivity contribution in [3.8, 4) is 0 Å². The smallest absolute Gasteiger partial charge is 0.362 e. The highest BCUT2D eigenvalue weighted by atomic mass is 16.6. The molecule has 0 saturated carbocycles. The fraction of sp³-hybridized carbons (Fsp3) is 0.885. The van der Waals surface area contributed by atoms with Crippen molar-refractivity contribution in [3.05, 3.63) is 24.3 Å². The molecule has 0 aromatic rings. The number of likely N-dealkylation sites (N-methyl/N-ethyl adjacent to an activating group) is 1. The Morgan fingerprint density at radius 3 is 1.12 bits per heavy atom. The molecule has 0 radical (unpaired) electrons. The van der Waals surface area contributed by atoms with Gasteiger partial charge in [0.05, 0.1) is 34.4 Å². The standard InChI is InChI=1S/C61H115NO7/c1-6-8-10-12-14-16-18-20-22-24-26-28-30-32-33-35-37-39-41-43-45-47-49-51-59(63)68-56-57(55-67-54-53-58(61(65)66)62(3,4)5)69-60(64)52-50-48-46-44-42-40-38-36-34-31-29-27-25-23-21-19-17-15-13-11-9-7-2/h26,28,32-33,57-58H,6-25,27,29-31,34-56H2,1-5H3/p+1/b28-26+,33-32+. The van der Waals surface area contributed by atoms with Gasteiger partial charge < -0.3 is 23.8 Å². The topological polar surface area (TPSA) is 99.1 Å². The minimum absolute atomic E-state index is 0.0499. The Labute approximate surface area is 428 Å². The van der Waals surface area contributed by atoms with Crippen LogP contribution >= 0.6 is 0 Å². The Morgan fingerprint density at radius 2 is 0.768 bits per heavy atom. The number of esters is 2. The zero-order valence-electron chi connectivity index (χ0n) is 46.5. The van der Waals surface area contributed by atoms with E-state index < -0.39 is 18.1 Å². The summed E-state index contributed by atoms with van der Waals surface area (Å²) in [5, 5.41) is 9.68. The van der Waals surface area contributed by atoms with Crippen LogP contribution in [0.25, 0.3) is 0 Å². The summed E-state index contributed by atoms with van der Waals surface area (Å²) in [6, 6.07) is -0.614. The van der Waals surface area contributed by atoms with Gasteiger partial charge >= 0.3 is 17.9 Å². The highest BCUT2D eigenvalue weighted by molar-refractivity contribution is 5.72. The molecule has 1 N–H and O–H groups in total. The Hall–Kier alpha value is -2.19. The SMILES string of the molecule is CCCCCCCCCCC/C=C/C/C=C/CCCCCCCCCC(=O)OCC(COCCC(C(=O)O)[N+](C)(C)C)OC(=O)CCCCCCCCCCCCCCCCCCCCCCCC. The third-order valence-electron chi connectivity index (χ3n) is 13.9. The van der Waals surface area contributed by atoms with E-state index in [0.29, 0.717) is 19.3 Å². The quantitative estimate of drug-likeness (QED) is 0.0280. The number of unbranched alkanes of at least 4 members (excludes halogenated alkanes) is 37. The minimum Gasteiger partial charge on any atom is -0.477 e. The molecule has 0 heterocycles. The van der Waals surface area contributed by atoms with Crippen LogP contribution in [0.4, 0.5) is 0 Å². The van der Waals surface area contributed by atoms with Crippen molar-refractivity contribution in [2.45, 2.75) is 309 Å². The summed E-state index contributed by atoms with van der Waals surface area (Å²) >= 11 is 0. The van der Waals surface area contributed by atoms with Crippen LogP contribution in [0.5, 0.6) is 0 Å². The number of quaternary nitrogens is 1. The molecule has 69 heavy (non-hydrogen) atoms. The first kappa shape index (κ1) is 66.8. The molecule has 0 aromatic heterocycles. The molecule has 0 fully saturated rings. The molecule has 2 atom stereocenters. The maximum absolute atomic E-state index is 12.8. The van der Waals surface area contributed by atoms with Crippen molar-refractivity contribution in [1.29, 1.82) is 0 Å². The van der Waals surface area contributed by atoms with Crippen molar-refractivity contribution in [3.63, 3.8) is 0 Å². The fourth-order valence-corrected chi connectivity index (χ4v) is 9.24. The largest absolute Gasteiger partial charge is 0.477 e. The van der Waals surface area contributed by atoms with Crippen LogP contribution in [-0.2, 0) is 28.6 Å². The van der Waals surface area contributed by atoms with E-state index in [9.17, 15) is 19.5 Å². The molecular weight excluding hydrogens is 859 g/mol. The third-order valence-corrected chi connectivity index (χ3v) is 13.9. The van der Waals surface area contributed by atoms with Gasteiger partial charge in [0.2, 0.25) is 0 Å². The van der Waals surface area contributed by atoms with E-state index in [1.54, 1.807) is 0 Å². The number of carboxylic acid groups (broad SMARTS) is 1. The molecule has 0 amide bonds. The molecule has 0 saturated heterocycles. The first-order chi connectivity index (χ1) is 33.6. The Kier molecular flexibility index (Phi) is 50.5.